The van der Waals surface area contributed by atoms with Crippen molar-refractivity contribution in [1.29, 1.82) is 0 Å². The van der Waals surface area contributed by atoms with E-state index in [4.69, 9.17) is 17.3 Å². The van der Waals surface area contributed by atoms with E-state index < -0.39 is 6.61 Å². The molecular weight excluding hydrogens is 362 g/mol. The number of carbonyl (C=O) groups excluding carboxylic acids is 1. The van der Waals surface area contributed by atoms with Crippen molar-refractivity contribution in [2.24, 2.45) is 0 Å². The Labute approximate surface area is 145 Å². The van der Waals surface area contributed by atoms with E-state index in [9.17, 15) is 13.6 Å². The highest BCUT2D eigenvalue weighted by atomic mass is 35.5. The van der Waals surface area contributed by atoms with Crippen LogP contribution in [-0.2, 0) is 4.79 Å². The van der Waals surface area contributed by atoms with Crippen LogP contribution in [-0.4, -0.2) is 28.2 Å². The van der Waals surface area contributed by atoms with Gasteiger partial charge in [0.1, 0.15) is 11.6 Å². The zero-order valence-electron chi connectivity index (χ0n) is 12.4. The second kappa shape index (κ2) is 8.11. The Kier molecular flexibility index (Phi) is 6.16. The Morgan fingerprint density at radius 2 is 2.17 bits per heavy atom. The van der Waals surface area contributed by atoms with Gasteiger partial charge >= 0.3 is 6.61 Å². The van der Waals surface area contributed by atoms with Crippen LogP contribution in [0.3, 0.4) is 0 Å². The fourth-order valence-corrected chi connectivity index (χ4v) is 2.66. The fourth-order valence-electron chi connectivity index (χ4n) is 1.73. The lowest BCUT2D eigenvalue weighted by Gasteiger charge is -2.09. The highest BCUT2D eigenvalue weighted by molar-refractivity contribution is 7.99. The van der Waals surface area contributed by atoms with Crippen LogP contribution in [0.15, 0.2) is 29.4 Å². The van der Waals surface area contributed by atoms with Crippen molar-refractivity contribution < 1.29 is 18.3 Å². The number of nitrogens with one attached hydrogen (secondary N) is 1. The molecule has 10 heteroatoms. The molecule has 0 aliphatic carbocycles. The number of aryl methyl sites for hydroxylation is 1. The number of ether oxygens (including phenoxy) is 1. The minimum atomic E-state index is -2.97. The Hall–Kier alpha value is -2.13. The molecule has 0 bridgehead atoms. The summed E-state index contributed by atoms with van der Waals surface area (Å²) >= 11 is 6.94. The maximum absolute atomic E-state index is 12.2. The molecule has 0 unspecified atom stereocenters. The predicted molar refractivity (Wildman–Crippen MR) is 88.6 cm³/mol. The van der Waals surface area contributed by atoms with Crippen LogP contribution in [0.4, 0.5) is 20.3 Å². The maximum Gasteiger partial charge on any atom is 0.387 e. The molecule has 2 aromatic rings. The zero-order valence-corrected chi connectivity index (χ0v) is 14.0. The molecule has 1 aromatic heterocycles. The summed E-state index contributed by atoms with van der Waals surface area (Å²) in [6, 6.07) is 5.60. The highest BCUT2D eigenvalue weighted by Crippen LogP contribution is 2.29. The van der Waals surface area contributed by atoms with Crippen molar-refractivity contribution in [1.82, 2.24) is 9.97 Å². The van der Waals surface area contributed by atoms with Gasteiger partial charge in [-0.3, -0.25) is 4.79 Å². The van der Waals surface area contributed by atoms with Crippen LogP contribution in [0.1, 0.15) is 5.69 Å². The van der Waals surface area contributed by atoms with Crippen LogP contribution in [0.5, 0.6) is 5.75 Å². The van der Waals surface area contributed by atoms with E-state index in [1.807, 2.05) is 0 Å². The number of alkyl halides is 2. The Morgan fingerprint density at radius 3 is 2.79 bits per heavy atom. The van der Waals surface area contributed by atoms with E-state index in [1.165, 1.54) is 18.2 Å². The van der Waals surface area contributed by atoms with Gasteiger partial charge in [0.25, 0.3) is 0 Å². The first-order valence-electron chi connectivity index (χ1n) is 6.61. The van der Waals surface area contributed by atoms with Crippen molar-refractivity contribution in [2.45, 2.75) is 18.7 Å². The summed E-state index contributed by atoms with van der Waals surface area (Å²) in [4.78, 5) is 20.1. The van der Waals surface area contributed by atoms with Gasteiger partial charge in [-0.25, -0.2) is 9.97 Å². The van der Waals surface area contributed by atoms with Gasteiger partial charge in [-0.1, -0.05) is 23.4 Å². The molecule has 128 valence electrons. The Balaban J connectivity index is 1.93. The lowest BCUT2D eigenvalue weighted by Crippen LogP contribution is -2.14. The summed E-state index contributed by atoms with van der Waals surface area (Å²) in [6.45, 7) is -1.20. The Bertz CT molecular complexity index is 728. The number of nitrogens with zero attached hydrogens (tertiary/aromatic N) is 2. The van der Waals surface area contributed by atoms with Crippen molar-refractivity contribution in [3.05, 3.63) is 35.0 Å². The Morgan fingerprint density at radius 1 is 1.42 bits per heavy atom. The normalized spacial score (nSPS) is 10.7. The molecule has 1 heterocycles. The van der Waals surface area contributed by atoms with Gasteiger partial charge in [0, 0.05) is 17.4 Å². The molecule has 1 amide bonds. The molecule has 0 spiro atoms. The van der Waals surface area contributed by atoms with E-state index >= 15 is 0 Å². The summed E-state index contributed by atoms with van der Waals surface area (Å²) in [5.74, 6) is -0.118. The standard InChI is InChI=1S/C14H13ClF2N4O2S/c1-7-4-11(18)21-14(19-7)24-6-12(22)20-8-2-3-10(9(15)5-8)23-13(16)17/h2-5,13H,6H2,1H3,(H,20,22)(H2,18,19,21). The number of anilines is 2. The topological polar surface area (TPSA) is 90.1 Å². The highest BCUT2D eigenvalue weighted by Gasteiger charge is 2.11. The van der Waals surface area contributed by atoms with Crippen molar-refractivity contribution in [3.63, 3.8) is 0 Å². The van der Waals surface area contributed by atoms with Crippen LogP contribution in [0.25, 0.3) is 0 Å². The monoisotopic (exact) mass is 374 g/mol. The van der Waals surface area contributed by atoms with Gasteiger partial charge in [-0.15, -0.1) is 0 Å². The predicted octanol–water partition coefficient (Wildman–Crippen LogP) is 3.35. The molecule has 0 aliphatic rings. The van der Waals surface area contributed by atoms with E-state index in [-0.39, 0.29) is 22.4 Å². The van der Waals surface area contributed by atoms with Gasteiger partial charge in [0.15, 0.2) is 5.16 Å². The molecule has 0 aliphatic heterocycles. The van der Waals surface area contributed by atoms with Crippen LogP contribution >= 0.6 is 23.4 Å². The first-order chi connectivity index (χ1) is 11.3. The number of halogens is 3. The zero-order chi connectivity index (χ0) is 17.7. The second-order valence-corrected chi connectivity index (χ2v) is 5.93. The third kappa shape index (κ3) is 5.50. The molecule has 0 radical (unpaired) electrons. The summed E-state index contributed by atoms with van der Waals surface area (Å²) in [7, 11) is 0. The summed E-state index contributed by atoms with van der Waals surface area (Å²) in [5, 5.41) is 2.95. The van der Waals surface area contributed by atoms with E-state index in [2.05, 4.69) is 20.0 Å². The van der Waals surface area contributed by atoms with Crippen LogP contribution in [0, 0.1) is 6.92 Å². The van der Waals surface area contributed by atoms with E-state index in [1.54, 1.807) is 13.0 Å². The number of amides is 1. The smallest absolute Gasteiger partial charge is 0.387 e. The number of carbonyl (C=O) groups is 1. The number of aromatic nitrogens is 2. The van der Waals surface area contributed by atoms with Crippen molar-refractivity contribution in [2.75, 3.05) is 16.8 Å². The SMILES string of the molecule is Cc1cc(N)nc(SCC(=O)Nc2ccc(OC(F)F)c(Cl)c2)n1. The van der Waals surface area contributed by atoms with Crippen LogP contribution < -0.4 is 15.8 Å². The first kappa shape index (κ1) is 18.2. The average molecular weight is 375 g/mol. The minimum absolute atomic E-state index is 0.0319. The third-order valence-corrected chi connectivity index (χ3v) is 3.76. The number of benzene rings is 1. The largest absolute Gasteiger partial charge is 0.433 e. The quantitative estimate of drug-likeness (QED) is 0.595. The summed E-state index contributed by atoms with van der Waals surface area (Å²) < 4.78 is 28.5. The van der Waals surface area contributed by atoms with Gasteiger partial charge < -0.3 is 15.8 Å². The number of thioether (sulfide) groups is 1. The molecule has 1 aromatic carbocycles. The minimum Gasteiger partial charge on any atom is -0.433 e. The third-order valence-electron chi connectivity index (χ3n) is 2.62. The number of hydrogen-bond donors (Lipinski definition) is 2. The molecule has 6 nitrogen and oxygen atoms in total. The van der Waals surface area contributed by atoms with Gasteiger partial charge in [0.2, 0.25) is 5.91 Å². The number of hydrogen-bond acceptors (Lipinski definition) is 6. The molecular formula is C14H13ClF2N4O2S. The van der Waals surface area contributed by atoms with Crippen LogP contribution in [0.2, 0.25) is 5.02 Å². The van der Waals surface area contributed by atoms with Crippen molar-refractivity contribution >= 4 is 40.8 Å². The van der Waals surface area contributed by atoms with Crippen molar-refractivity contribution in [3.8, 4) is 5.75 Å². The summed E-state index contributed by atoms with van der Waals surface area (Å²) in [6.07, 6.45) is 0. The molecule has 0 saturated heterocycles. The lowest BCUT2D eigenvalue weighted by atomic mass is 10.3. The molecule has 0 atom stereocenters. The van der Waals surface area contributed by atoms with Gasteiger partial charge in [0.05, 0.1) is 10.8 Å². The molecule has 0 fully saturated rings. The second-order valence-electron chi connectivity index (χ2n) is 4.58. The summed E-state index contributed by atoms with van der Waals surface area (Å²) in [5.41, 5.74) is 6.67. The van der Waals surface area contributed by atoms with E-state index in [0.29, 0.717) is 22.4 Å². The fraction of sp³-hybridized carbons (Fsp3) is 0.214. The molecule has 0 saturated carbocycles. The molecule has 3 N–H and O–H groups in total. The van der Waals surface area contributed by atoms with E-state index in [0.717, 1.165) is 11.8 Å². The van der Waals surface area contributed by atoms with Gasteiger partial charge in [-0.2, -0.15) is 8.78 Å². The number of nitrogens with two attached hydrogens (primary N) is 1. The molecule has 24 heavy (non-hydrogen) atoms. The number of nitrogen functional groups attached to an aromatic ring is 1. The number of rotatable bonds is 6. The molecule has 2 rings (SSSR count). The maximum atomic E-state index is 12.2. The van der Waals surface area contributed by atoms with Gasteiger partial charge in [-0.05, 0) is 25.1 Å². The average Bonchev–Trinajstić information content (AvgIpc) is 2.47. The first-order valence-corrected chi connectivity index (χ1v) is 7.98. The lowest BCUT2D eigenvalue weighted by molar-refractivity contribution is -0.113.